The Balaban J connectivity index is 2.98. The van der Waals surface area contributed by atoms with Crippen LogP contribution in [0.4, 0.5) is 5.82 Å². The lowest BCUT2D eigenvalue weighted by atomic mass is 10.2. The Bertz CT molecular complexity index is 452. The molecule has 96 valence electrons. The maximum atomic E-state index is 11.4. The summed E-state index contributed by atoms with van der Waals surface area (Å²) in [5.41, 5.74) is 0.244. The summed E-state index contributed by atoms with van der Waals surface area (Å²) in [5, 5.41) is 0. The summed E-state index contributed by atoms with van der Waals surface area (Å²) >= 11 is 0. The molecule has 0 N–H and O–H groups in total. The number of ether oxygens (including phenoxy) is 1. The molecule has 0 unspecified atom stereocenters. The Kier molecular flexibility index (Phi) is 5.12. The number of anilines is 1. The van der Waals surface area contributed by atoms with Gasteiger partial charge < -0.3 is 9.64 Å². The number of aromatic nitrogens is 2. The summed E-state index contributed by atoms with van der Waals surface area (Å²) in [6, 6.07) is 1.85. The van der Waals surface area contributed by atoms with Gasteiger partial charge in [-0.1, -0.05) is 0 Å². The summed E-state index contributed by atoms with van der Waals surface area (Å²) < 4.78 is 4.63. The van der Waals surface area contributed by atoms with Crippen molar-refractivity contribution in [3.05, 3.63) is 18.1 Å². The highest BCUT2D eigenvalue weighted by atomic mass is 16.5. The summed E-state index contributed by atoms with van der Waals surface area (Å²) in [4.78, 5) is 21.5. The summed E-state index contributed by atoms with van der Waals surface area (Å²) in [5.74, 6) is 2.80. The fraction of sp³-hybridized carbons (Fsp3) is 0.462. The van der Waals surface area contributed by atoms with Crippen LogP contribution in [-0.4, -0.2) is 35.6 Å². The Labute approximate surface area is 107 Å². The zero-order valence-electron chi connectivity index (χ0n) is 10.9. The molecule has 0 bridgehead atoms. The van der Waals surface area contributed by atoms with Gasteiger partial charge in [0.25, 0.3) is 0 Å². The second-order valence-corrected chi connectivity index (χ2v) is 3.99. The van der Waals surface area contributed by atoms with Crippen LogP contribution in [0.5, 0.6) is 0 Å². The van der Waals surface area contributed by atoms with Gasteiger partial charge in [-0.15, -0.1) is 12.3 Å². The van der Waals surface area contributed by atoms with E-state index in [1.165, 1.54) is 13.4 Å². The van der Waals surface area contributed by atoms with Gasteiger partial charge in [0, 0.05) is 25.1 Å². The van der Waals surface area contributed by atoms with E-state index in [2.05, 4.69) is 20.6 Å². The normalized spacial score (nSPS) is 9.94. The van der Waals surface area contributed by atoms with E-state index in [1.807, 2.05) is 18.7 Å². The van der Waals surface area contributed by atoms with Crippen molar-refractivity contribution in [2.75, 3.05) is 18.6 Å². The van der Waals surface area contributed by atoms with Crippen LogP contribution in [0.2, 0.25) is 0 Å². The minimum atomic E-state index is -0.473. The predicted molar refractivity (Wildman–Crippen MR) is 69.3 cm³/mol. The van der Waals surface area contributed by atoms with Gasteiger partial charge in [-0.25, -0.2) is 14.8 Å². The third kappa shape index (κ3) is 3.45. The molecule has 1 rings (SSSR count). The van der Waals surface area contributed by atoms with Crippen LogP contribution in [0.3, 0.4) is 0 Å². The van der Waals surface area contributed by atoms with Gasteiger partial charge in [0.15, 0.2) is 5.69 Å². The first kappa shape index (κ1) is 14.0. The predicted octanol–water partition coefficient (Wildman–Crippen LogP) is 1.50. The summed E-state index contributed by atoms with van der Waals surface area (Å²) in [7, 11) is 1.32. The number of nitrogens with zero attached hydrogens (tertiary/aromatic N) is 3. The lowest BCUT2D eigenvalue weighted by Gasteiger charge is -2.27. The summed E-state index contributed by atoms with van der Waals surface area (Å²) in [6.45, 7) is 4.76. The highest BCUT2D eigenvalue weighted by Gasteiger charge is 2.15. The zero-order chi connectivity index (χ0) is 13.5. The van der Waals surface area contributed by atoms with Crippen LogP contribution < -0.4 is 4.90 Å². The van der Waals surface area contributed by atoms with Crippen molar-refractivity contribution in [2.45, 2.75) is 26.3 Å². The van der Waals surface area contributed by atoms with E-state index in [0.29, 0.717) is 18.8 Å². The van der Waals surface area contributed by atoms with Crippen molar-refractivity contribution >= 4 is 11.8 Å². The first-order chi connectivity index (χ1) is 8.60. The fourth-order valence-electron chi connectivity index (χ4n) is 1.54. The van der Waals surface area contributed by atoms with Crippen LogP contribution in [0.1, 0.15) is 30.8 Å². The molecular weight excluding hydrogens is 230 g/mol. The quantitative estimate of drug-likeness (QED) is 0.583. The van der Waals surface area contributed by atoms with Crippen LogP contribution in [-0.2, 0) is 4.74 Å². The monoisotopic (exact) mass is 247 g/mol. The van der Waals surface area contributed by atoms with Crippen molar-refractivity contribution < 1.29 is 9.53 Å². The second kappa shape index (κ2) is 6.60. The van der Waals surface area contributed by atoms with Crippen molar-refractivity contribution in [3.63, 3.8) is 0 Å². The highest BCUT2D eigenvalue weighted by Crippen LogP contribution is 2.15. The van der Waals surface area contributed by atoms with Crippen molar-refractivity contribution in [2.24, 2.45) is 0 Å². The second-order valence-electron chi connectivity index (χ2n) is 3.99. The lowest BCUT2D eigenvalue weighted by molar-refractivity contribution is 0.0594. The maximum Gasteiger partial charge on any atom is 0.356 e. The van der Waals surface area contributed by atoms with E-state index >= 15 is 0 Å². The molecular formula is C13H17N3O2. The molecule has 1 heterocycles. The van der Waals surface area contributed by atoms with E-state index in [1.54, 1.807) is 6.07 Å². The number of esters is 1. The minimum Gasteiger partial charge on any atom is -0.464 e. The van der Waals surface area contributed by atoms with Gasteiger partial charge >= 0.3 is 5.97 Å². The molecule has 0 aliphatic rings. The maximum absolute atomic E-state index is 11.4. The molecule has 18 heavy (non-hydrogen) atoms. The first-order valence-corrected chi connectivity index (χ1v) is 5.70. The van der Waals surface area contributed by atoms with Gasteiger partial charge in [-0.2, -0.15) is 0 Å². The average molecular weight is 247 g/mol. The molecule has 0 aromatic carbocycles. The van der Waals surface area contributed by atoms with Gasteiger partial charge in [0.1, 0.15) is 12.1 Å². The topological polar surface area (TPSA) is 55.3 Å². The molecule has 5 heteroatoms. The number of carbonyl (C=O) groups is 1. The SMILES string of the molecule is C#CCCN(c1cc(C(=O)OC)ncn1)C(C)C. The van der Waals surface area contributed by atoms with Crippen LogP contribution in [0.25, 0.3) is 0 Å². The molecule has 1 aromatic heterocycles. The molecule has 1 aromatic rings. The number of rotatable bonds is 5. The minimum absolute atomic E-state index is 0.235. The molecule has 0 spiro atoms. The molecule has 0 saturated carbocycles. The Morgan fingerprint density at radius 1 is 1.56 bits per heavy atom. The third-order valence-corrected chi connectivity index (χ3v) is 2.46. The van der Waals surface area contributed by atoms with Crippen molar-refractivity contribution in [1.82, 2.24) is 9.97 Å². The third-order valence-electron chi connectivity index (χ3n) is 2.46. The van der Waals surface area contributed by atoms with E-state index in [4.69, 9.17) is 6.42 Å². The highest BCUT2D eigenvalue weighted by molar-refractivity contribution is 5.87. The van der Waals surface area contributed by atoms with Crippen LogP contribution in [0, 0.1) is 12.3 Å². The van der Waals surface area contributed by atoms with E-state index in [9.17, 15) is 4.79 Å². The number of methoxy groups -OCH3 is 1. The van der Waals surface area contributed by atoms with E-state index in [-0.39, 0.29) is 11.7 Å². The number of carbonyl (C=O) groups excluding carboxylic acids is 1. The molecule has 0 fully saturated rings. The number of hydrogen-bond acceptors (Lipinski definition) is 5. The molecule has 0 atom stereocenters. The molecule has 0 saturated heterocycles. The molecule has 0 aliphatic heterocycles. The van der Waals surface area contributed by atoms with Gasteiger partial charge in [0.05, 0.1) is 7.11 Å². The molecule has 5 nitrogen and oxygen atoms in total. The Hall–Kier alpha value is -2.09. The zero-order valence-corrected chi connectivity index (χ0v) is 10.9. The van der Waals surface area contributed by atoms with E-state index < -0.39 is 5.97 Å². The van der Waals surface area contributed by atoms with E-state index in [0.717, 1.165) is 0 Å². The largest absolute Gasteiger partial charge is 0.464 e. The molecule has 0 amide bonds. The first-order valence-electron chi connectivity index (χ1n) is 5.70. The smallest absolute Gasteiger partial charge is 0.356 e. The molecule has 0 aliphatic carbocycles. The van der Waals surface area contributed by atoms with Crippen LogP contribution >= 0.6 is 0 Å². The van der Waals surface area contributed by atoms with Gasteiger partial charge in [-0.3, -0.25) is 0 Å². The lowest BCUT2D eigenvalue weighted by Crippen LogP contribution is -2.32. The summed E-state index contributed by atoms with van der Waals surface area (Å²) in [6.07, 6.45) is 7.25. The number of hydrogen-bond donors (Lipinski definition) is 0. The molecule has 0 radical (unpaired) electrons. The number of terminal acetylenes is 1. The Morgan fingerprint density at radius 2 is 2.28 bits per heavy atom. The fourth-order valence-corrected chi connectivity index (χ4v) is 1.54. The van der Waals surface area contributed by atoms with Gasteiger partial charge in [-0.05, 0) is 13.8 Å². The average Bonchev–Trinajstić information content (AvgIpc) is 2.38. The van der Waals surface area contributed by atoms with Gasteiger partial charge in [0.2, 0.25) is 0 Å². The van der Waals surface area contributed by atoms with Crippen molar-refractivity contribution in [3.8, 4) is 12.3 Å². The Morgan fingerprint density at radius 3 is 2.83 bits per heavy atom. The van der Waals surface area contributed by atoms with Crippen LogP contribution in [0.15, 0.2) is 12.4 Å². The standard InChI is InChI=1S/C13H17N3O2/c1-5-6-7-16(10(2)3)12-8-11(13(17)18-4)14-9-15-12/h1,8-10H,6-7H2,2-4H3. The van der Waals surface area contributed by atoms with Crippen molar-refractivity contribution in [1.29, 1.82) is 0 Å².